The summed E-state index contributed by atoms with van der Waals surface area (Å²) in [5, 5.41) is 2.80. The van der Waals surface area contributed by atoms with Crippen LogP contribution in [0.25, 0.3) is 0 Å². The minimum atomic E-state index is -0.406. The van der Waals surface area contributed by atoms with Crippen LogP contribution in [0.5, 0.6) is 11.5 Å². The van der Waals surface area contributed by atoms with E-state index in [0.29, 0.717) is 61.9 Å². The zero-order valence-corrected chi connectivity index (χ0v) is 19.1. The summed E-state index contributed by atoms with van der Waals surface area (Å²) in [7, 11) is 0. The predicted octanol–water partition coefficient (Wildman–Crippen LogP) is 2.94. The third kappa shape index (κ3) is 5.47. The van der Waals surface area contributed by atoms with Crippen molar-refractivity contribution in [3.63, 3.8) is 0 Å². The molecule has 3 amide bonds. The number of rotatable bonds is 6. The predicted molar refractivity (Wildman–Crippen MR) is 123 cm³/mol. The highest BCUT2D eigenvalue weighted by Crippen LogP contribution is 2.32. The molecule has 0 aliphatic carbocycles. The van der Waals surface area contributed by atoms with Crippen molar-refractivity contribution in [1.82, 2.24) is 9.80 Å². The molecule has 1 saturated heterocycles. The van der Waals surface area contributed by atoms with Gasteiger partial charge in [0.2, 0.25) is 11.8 Å². The van der Waals surface area contributed by atoms with E-state index >= 15 is 0 Å². The maximum absolute atomic E-state index is 13.2. The van der Waals surface area contributed by atoms with Gasteiger partial charge in [0.1, 0.15) is 19.0 Å². The van der Waals surface area contributed by atoms with Crippen molar-refractivity contribution in [1.29, 1.82) is 0 Å². The number of piperidine rings is 1. The molecule has 0 radical (unpaired) electrons. The maximum atomic E-state index is 13.2. The number of likely N-dealkylation sites (N-methyl/N-ethyl adjacent to an activating group) is 1. The number of nitrogens with one attached hydrogen (secondary N) is 1. The molecule has 1 N–H and O–H groups in total. The molecule has 4 rings (SSSR count). The number of likely N-dealkylation sites (tertiary alicyclic amines) is 1. The van der Waals surface area contributed by atoms with Gasteiger partial charge in [-0.3, -0.25) is 14.4 Å². The van der Waals surface area contributed by atoms with Crippen molar-refractivity contribution in [3.8, 4) is 11.5 Å². The summed E-state index contributed by atoms with van der Waals surface area (Å²) in [6.07, 6.45) is 1.33. The fourth-order valence-corrected chi connectivity index (χ4v) is 4.24. The van der Waals surface area contributed by atoms with E-state index in [0.717, 1.165) is 0 Å². The van der Waals surface area contributed by atoms with Gasteiger partial charge in [-0.1, -0.05) is 0 Å². The highest BCUT2D eigenvalue weighted by molar-refractivity contribution is 5.96. The first-order chi connectivity index (χ1) is 16.4. The molecule has 0 aromatic heterocycles. The highest BCUT2D eigenvalue weighted by atomic mass is 19.1. The number of amides is 3. The molecule has 0 bridgehead atoms. The van der Waals surface area contributed by atoms with E-state index in [1.165, 1.54) is 29.2 Å². The van der Waals surface area contributed by atoms with Crippen molar-refractivity contribution in [2.75, 3.05) is 44.7 Å². The largest absolute Gasteiger partial charge is 0.486 e. The Kier molecular flexibility index (Phi) is 7.30. The highest BCUT2D eigenvalue weighted by Gasteiger charge is 2.32. The lowest BCUT2D eigenvalue weighted by Crippen LogP contribution is -2.48. The van der Waals surface area contributed by atoms with Crippen LogP contribution in [0.1, 0.15) is 30.1 Å². The van der Waals surface area contributed by atoms with Crippen molar-refractivity contribution in [2.45, 2.75) is 19.8 Å². The summed E-state index contributed by atoms with van der Waals surface area (Å²) in [6, 6.07) is 10.6. The van der Waals surface area contributed by atoms with Crippen LogP contribution in [0, 0.1) is 11.7 Å². The fraction of sp³-hybridized carbons (Fsp3) is 0.400. The first-order valence-electron chi connectivity index (χ1n) is 11.5. The van der Waals surface area contributed by atoms with E-state index in [4.69, 9.17) is 9.47 Å². The van der Waals surface area contributed by atoms with Gasteiger partial charge < -0.3 is 24.6 Å². The third-order valence-electron chi connectivity index (χ3n) is 6.00. The quantitative estimate of drug-likeness (QED) is 0.703. The van der Waals surface area contributed by atoms with Gasteiger partial charge in [-0.25, -0.2) is 4.39 Å². The zero-order valence-electron chi connectivity index (χ0n) is 19.1. The summed E-state index contributed by atoms with van der Waals surface area (Å²) >= 11 is 0. The van der Waals surface area contributed by atoms with E-state index in [1.54, 1.807) is 23.1 Å². The van der Waals surface area contributed by atoms with Gasteiger partial charge in [-0.2, -0.15) is 0 Å². The Hall–Kier alpha value is -3.62. The molecule has 180 valence electrons. The summed E-state index contributed by atoms with van der Waals surface area (Å²) in [4.78, 5) is 41.8. The van der Waals surface area contributed by atoms with Crippen LogP contribution in [-0.4, -0.2) is 66.9 Å². The average molecular weight is 470 g/mol. The van der Waals surface area contributed by atoms with Gasteiger partial charge in [-0.15, -0.1) is 0 Å². The Balaban J connectivity index is 1.35. The molecular weight excluding hydrogens is 441 g/mol. The van der Waals surface area contributed by atoms with E-state index in [9.17, 15) is 18.8 Å². The minimum Gasteiger partial charge on any atom is -0.486 e. The molecule has 1 unspecified atom stereocenters. The van der Waals surface area contributed by atoms with Crippen LogP contribution in [0.4, 0.5) is 10.1 Å². The maximum Gasteiger partial charge on any atom is 0.253 e. The number of benzene rings is 2. The summed E-state index contributed by atoms with van der Waals surface area (Å²) in [5.74, 6) is -0.293. The number of carbonyl (C=O) groups is 3. The molecular formula is C25H28FN3O5. The van der Waals surface area contributed by atoms with Crippen LogP contribution in [0.2, 0.25) is 0 Å². The van der Waals surface area contributed by atoms with Crippen LogP contribution in [-0.2, 0) is 9.59 Å². The smallest absolute Gasteiger partial charge is 0.253 e. The molecule has 1 fully saturated rings. The van der Waals surface area contributed by atoms with Gasteiger partial charge >= 0.3 is 0 Å². The Bertz CT molecular complexity index is 1060. The van der Waals surface area contributed by atoms with Crippen molar-refractivity contribution in [3.05, 3.63) is 53.8 Å². The Morgan fingerprint density at radius 1 is 1.09 bits per heavy atom. The Morgan fingerprint density at radius 2 is 1.82 bits per heavy atom. The van der Waals surface area contributed by atoms with Gasteiger partial charge in [0, 0.05) is 37.0 Å². The van der Waals surface area contributed by atoms with Gasteiger partial charge in [0.25, 0.3) is 5.91 Å². The van der Waals surface area contributed by atoms with Crippen LogP contribution in [0.15, 0.2) is 42.5 Å². The molecule has 0 saturated carbocycles. The molecule has 2 aromatic carbocycles. The fourth-order valence-electron chi connectivity index (χ4n) is 4.24. The molecule has 8 nitrogen and oxygen atoms in total. The zero-order chi connectivity index (χ0) is 24.1. The molecule has 2 aliphatic rings. The Morgan fingerprint density at radius 3 is 2.56 bits per heavy atom. The number of carbonyl (C=O) groups excluding carboxylic acids is 3. The third-order valence-corrected chi connectivity index (χ3v) is 6.00. The van der Waals surface area contributed by atoms with E-state index in [2.05, 4.69) is 5.32 Å². The van der Waals surface area contributed by atoms with E-state index in [1.807, 2.05) is 6.92 Å². The summed E-state index contributed by atoms with van der Waals surface area (Å²) in [6.45, 7) is 3.85. The minimum absolute atomic E-state index is 0.0911. The van der Waals surface area contributed by atoms with Crippen molar-refractivity contribution in [2.24, 2.45) is 5.92 Å². The molecule has 0 spiro atoms. The molecule has 9 heteroatoms. The first kappa shape index (κ1) is 23.5. The molecule has 1 atom stereocenters. The van der Waals surface area contributed by atoms with Crippen molar-refractivity contribution >= 4 is 23.4 Å². The second kappa shape index (κ2) is 10.5. The summed E-state index contributed by atoms with van der Waals surface area (Å²) < 4.78 is 24.2. The number of hydrogen-bond acceptors (Lipinski definition) is 5. The lowest BCUT2D eigenvalue weighted by Gasteiger charge is -2.34. The van der Waals surface area contributed by atoms with Gasteiger partial charge in [0.05, 0.1) is 12.5 Å². The number of anilines is 1. The second-order valence-corrected chi connectivity index (χ2v) is 8.36. The first-order valence-corrected chi connectivity index (χ1v) is 11.5. The second-order valence-electron chi connectivity index (χ2n) is 8.36. The van der Waals surface area contributed by atoms with Gasteiger partial charge in [-0.05, 0) is 56.2 Å². The van der Waals surface area contributed by atoms with E-state index < -0.39 is 5.82 Å². The number of hydrogen-bond donors (Lipinski definition) is 1. The standard InChI is InChI=1S/C25H28FN3O5/c1-2-28(16-23(30)27-20-9-10-21-22(14-20)34-13-12-33-21)25(32)18-4-3-11-29(15-18)24(31)17-5-7-19(26)8-6-17/h5-10,14,18H,2-4,11-13,15-16H2,1H3,(H,27,30). The van der Waals surface area contributed by atoms with Crippen molar-refractivity contribution < 1.29 is 28.2 Å². The Labute approximate surface area is 197 Å². The average Bonchev–Trinajstić information content (AvgIpc) is 2.87. The molecule has 34 heavy (non-hydrogen) atoms. The number of fused-ring (bicyclic) bond motifs is 1. The lowest BCUT2D eigenvalue weighted by molar-refractivity contribution is -0.139. The monoisotopic (exact) mass is 469 g/mol. The van der Waals surface area contributed by atoms with Crippen LogP contribution in [0.3, 0.4) is 0 Å². The van der Waals surface area contributed by atoms with Gasteiger partial charge in [0.15, 0.2) is 11.5 Å². The number of nitrogens with zero attached hydrogens (tertiary/aromatic N) is 2. The molecule has 2 aliphatic heterocycles. The van der Waals surface area contributed by atoms with Crippen LogP contribution >= 0.6 is 0 Å². The topological polar surface area (TPSA) is 88.2 Å². The normalized spacial score (nSPS) is 17.1. The lowest BCUT2D eigenvalue weighted by atomic mass is 9.95. The van der Waals surface area contributed by atoms with Crippen LogP contribution < -0.4 is 14.8 Å². The van der Waals surface area contributed by atoms with E-state index in [-0.39, 0.29) is 36.7 Å². The SMILES string of the molecule is CCN(CC(=O)Nc1ccc2c(c1)OCCO2)C(=O)C1CCCN(C(=O)c2ccc(F)cc2)C1. The molecule has 2 aromatic rings. The number of ether oxygens (including phenoxy) is 2. The molecule has 2 heterocycles. The summed E-state index contributed by atoms with van der Waals surface area (Å²) in [5.41, 5.74) is 0.951. The number of halogens is 1.